The highest BCUT2D eigenvalue weighted by atomic mass is 16.5. The number of pyridine rings is 1. The minimum Gasteiger partial charge on any atom is -0.462 e. The van der Waals surface area contributed by atoms with Crippen molar-refractivity contribution in [3.63, 3.8) is 0 Å². The van der Waals surface area contributed by atoms with E-state index in [1.54, 1.807) is 13.0 Å². The molecule has 1 amide bonds. The largest absolute Gasteiger partial charge is 0.462 e. The molecule has 0 saturated heterocycles. The summed E-state index contributed by atoms with van der Waals surface area (Å²) in [6.07, 6.45) is 1.63. The second kappa shape index (κ2) is 11.2. The molecule has 0 saturated carbocycles. The molecule has 186 valence electrons. The molecule has 0 aliphatic carbocycles. The van der Waals surface area contributed by atoms with Crippen molar-refractivity contribution in [1.82, 2.24) is 10.3 Å². The molecule has 1 aromatic heterocycles. The van der Waals surface area contributed by atoms with Crippen LogP contribution in [0, 0.1) is 0 Å². The molecule has 35 heavy (non-hydrogen) atoms. The van der Waals surface area contributed by atoms with Crippen molar-refractivity contribution < 1.29 is 14.3 Å². The SMILES string of the molecule is CCCCN(c1c(C(=O)OCC)c(=O)[nH]c2ccccc12)C(C(=O)NC(C)(C)C)c1ccccc1. The average Bonchev–Trinajstić information content (AvgIpc) is 2.80. The van der Waals surface area contributed by atoms with E-state index < -0.39 is 23.1 Å². The molecule has 0 aliphatic rings. The maximum absolute atomic E-state index is 13.8. The van der Waals surface area contributed by atoms with Crippen molar-refractivity contribution >= 4 is 28.5 Å². The lowest BCUT2D eigenvalue weighted by molar-refractivity contribution is -0.124. The van der Waals surface area contributed by atoms with E-state index in [0.717, 1.165) is 18.4 Å². The predicted octanol–water partition coefficient (Wildman–Crippen LogP) is 4.97. The molecular weight excluding hydrogens is 442 g/mol. The fraction of sp³-hybridized carbons (Fsp3) is 0.393. The number of rotatable bonds is 9. The Morgan fingerprint density at radius 2 is 1.69 bits per heavy atom. The lowest BCUT2D eigenvalue weighted by atomic mass is 9.98. The number of nitrogens with zero attached hydrogens (tertiary/aromatic N) is 1. The topological polar surface area (TPSA) is 91.5 Å². The first-order valence-electron chi connectivity index (χ1n) is 12.1. The van der Waals surface area contributed by atoms with Crippen molar-refractivity contribution in [2.75, 3.05) is 18.1 Å². The Balaban J connectivity index is 2.36. The molecule has 0 spiro atoms. The van der Waals surface area contributed by atoms with Crippen LogP contribution in [0.25, 0.3) is 10.9 Å². The summed E-state index contributed by atoms with van der Waals surface area (Å²) in [7, 11) is 0. The Morgan fingerprint density at radius 1 is 1.03 bits per heavy atom. The number of ether oxygens (including phenoxy) is 1. The standard InChI is InChI=1S/C28H35N3O4/c1-6-8-18-31(23(19-14-10-9-11-15-19)26(33)30-28(3,4)5)24-20-16-12-13-17-21(20)29-25(32)22(24)27(34)35-7-2/h9-17,23H,6-8,18H2,1-5H3,(H,29,32)(H,30,33). The van der Waals surface area contributed by atoms with Crippen LogP contribution in [0.1, 0.15) is 69.4 Å². The van der Waals surface area contributed by atoms with Gasteiger partial charge in [0.05, 0.1) is 17.8 Å². The molecule has 3 rings (SSSR count). The van der Waals surface area contributed by atoms with E-state index >= 15 is 0 Å². The highest BCUT2D eigenvalue weighted by Gasteiger charge is 2.34. The Kier molecular flexibility index (Phi) is 8.33. The van der Waals surface area contributed by atoms with Crippen LogP contribution in [0.4, 0.5) is 5.69 Å². The zero-order chi connectivity index (χ0) is 25.6. The van der Waals surface area contributed by atoms with Crippen LogP contribution in [-0.2, 0) is 9.53 Å². The Morgan fingerprint density at radius 3 is 2.31 bits per heavy atom. The summed E-state index contributed by atoms with van der Waals surface area (Å²) < 4.78 is 5.29. The highest BCUT2D eigenvalue weighted by molar-refractivity contribution is 6.06. The predicted molar refractivity (Wildman–Crippen MR) is 140 cm³/mol. The quantitative estimate of drug-likeness (QED) is 0.425. The van der Waals surface area contributed by atoms with E-state index in [9.17, 15) is 14.4 Å². The van der Waals surface area contributed by atoms with Crippen LogP contribution in [0.2, 0.25) is 0 Å². The third-order valence-corrected chi connectivity index (χ3v) is 5.59. The second-order valence-electron chi connectivity index (χ2n) is 9.54. The maximum atomic E-state index is 13.8. The van der Waals surface area contributed by atoms with Crippen molar-refractivity contribution in [2.24, 2.45) is 0 Å². The number of carbonyl (C=O) groups is 2. The number of esters is 1. The first kappa shape index (κ1) is 26.0. The van der Waals surface area contributed by atoms with Gasteiger partial charge in [0, 0.05) is 17.5 Å². The van der Waals surface area contributed by atoms with Crippen molar-refractivity contribution in [1.29, 1.82) is 0 Å². The minimum absolute atomic E-state index is 0.0915. The number of aromatic amines is 1. The monoisotopic (exact) mass is 477 g/mol. The van der Waals surface area contributed by atoms with Gasteiger partial charge in [0.15, 0.2) is 0 Å². The number of hydrogen-bond acceptors (Lipinski definition) is 5. The third-order valence-electron chi connectivity index (χ3n) is 5.59. The van der Waals surface area contributed by atoms with Crippen LogP contribution in [-0.4, -0.2) is 35.6 Å². The van der Waals surface area contributed by atoms with E-state index in [0.29, 0.717) is 23.1 Å². The number of H-pyrrole nitrogens is 1. The molecule has 1 unspecified atom stereocenters. The molecule has 1 atom stereocenters. The minimum atomic E-state index is -0.764. The summed E-state index contributed by atoms with van der Waals surface area (Å²) >= 11 is 0. The molecule has 1 heterocycles. The van der Waals surface area contributed by atoms with Crippen molar-refractivity contribution in [3.8, 4) is 0 Å². The molecule has 0 fully saturated rings. The summed E-state index contributed by atoms with van der Waals surface area (Å²) in [5.74, 6) is -0.919. The van der Waals surface area contributed by atoms with Gasteiger partial charge in [-0.25, -0.2) is 4.79 Å². The van der Waals surface area contributed by atoms with Gasteiger partial charge in [-0.3, -0.25) is 9.59 Å². The van der Waals surface area contributed by atoms with Crippen LogP contribution in [0.3, 0.4) is 0 Å². The van der Waals surface area contributed by atoms with Gasteiger partial charge >= 0.3 is 5.97 Å². The summed E-state index contributed by atoms with van der Waals surface area (Å²) in [6.45, 7) is 10.1. The molecule has 2 N–H and O–H groups in total. The van der Waals surface area contributed by atoms with Gasteiger partial charge in [0.2, 0.25) is 5.91 Å². The second-order valence-corrected chi connectivity index (χ2v) is 9.54. The number of fused-ring (bicyclic) bond motifs is 1. The van der Waals surface area contributed by atoms with Crippen molar-refractivity contribution in [2.45, 2.75) is 59.0 Å². The zero-order valence-electron chi connectivity index (χ0n) is 21.2. The number of unbranched alkanes of at least 4 members (excludes halogenated alkanes) is 1. The van der Waals surface area contributed by atoms with E-state index in [1.165, 1.54) is 0 Å². The first-order valence-corrected chi connectivity index (χ1v) is 12.1. The number of benzene rings is 2. The lowest BCUT2D eigenvalue weighted by Crippen LogP contribution is -2.48. The highest BCUT2D eigenvalue weighted by Crippen LogP contribution is 2.35. The van der Waals surface area contributed by atoms with Gasteiger partial charge in [-0.15, -0.1) is 0 Å². The van der Waals surface area contributed by atoms with E-state index in [1.807, 2.05) is 74.2 Å². The molecule has 2 aromatic carbocycles. The van der Waals surface area contributed by atoms with Crippen LogP contribution in [0.15, 0.2) is 59.4 Å². The molecular formula is C28H35N3O4. The summed E-state index contributed by atoms with van der Waals surface area (Å²) in [4.78, 5) is 44.8. The molecule has 7 nitrogen and oxygen atoms in total. The Bertz CT molecular complexity index is 1230. The number of aromatic nitrogens is 1. The molecule has 0 bridgehead atoms. The lowest BCUT2D eigenvalue weighted by Gasteiger charge is -2.36. The number of anilines is 1. The molecule has 0 radical (unpaired) electrons. The number of para-hydroxylation sites is 1. The van der Waals surface area contributed by atoms with E-state index in [2.05, 4.69) is 17.2 Å². The van der Waals surface area contributed by atoms with Gasteiger partial charge in [0.1, 0.15) is 11.6 Å². The molecule has 3 aromatic rings. The summed E-state index contributed by atoms with van der Waals surface area (Å²) in [6, 6.07) is 16.0. The van der Waals surface area contributed by atoms with Gasteiger partial charge in [-0.2, -0.15) is 0 Å². The van der Waals surface area contributed by atoms with E-state index in [4.69, 9.17) is 4.74 Å². The smallest absolute Gasteiger partial charge is 0.345 e. The van der Waals surface area contributed by atoms with Gasteiger partial charge in [0.25, 0.3) is 5.56 Å². The number of nitrogens with one attached hydrogen (secondary N) is 2. The van der Waals surface area contributed by atoms with Gasteiger partial charge in [-0.05, 0) is 45.7 Å². The Hall–Kier alpha value is -3.61. The Labute approximate surface area is 206 Å². The summed E-state index contributed by atoms with van der Waals surface area (Å²) in [5, 5.41) is 3.77. The fourth-order valence-corrected chi connectivity index (χ4v) is 4.16. The van der Waals surface area contributed by atoms with Crippen LogP contribution >= 0.6 is 0 Å². The molecule has 7 heteroatoms. The average molecular weight is 478 g/mol. The zero-order valence-corrected chi connectivity index (χ0v) is 21.2. The molecule has 0 aliphatic heterocycles. The van der Waals surface area contributed by atoms with Crippen LogP contribution in [0.5, 0.6) is 0 Å². The normalized spacial score (nSPS) is 12.3. The fourth-order valence-electron chi connectivity index (χ4n) is 4.16. The number of carbonyl (C=O) groups excluding carboxylic acids is 2. The number of amides is 1. The van der Waals surface area contributed by atoms with E-state index in [-0.39, 0.29) is 18.1 Å². The first-order chi connectivity index (χ1) is 16.7. The number of hydrogen-bond donors (Lipinski definition) is 2. The maximum Gasteiger partial charge on any atom is 0.345 e. The van der Waals surface area contributed by atoms with Crippen molar-refractivity contribution in [3.05, 3.63) is 76.1 Å². The van der Waals surface area contributed by atoms with Gasteiger partial charge < -0.3 is 19.9 Å². The van der Waals surface area contributed by atoms with Gasteiger partial charge in [-0.1, -0.05) is 61.9 Å². The third kappa shape index (κ3) is 6.10. The summed E-state index contributed by atoms with van der Waals surface area (Å²) in [5.41, 5.74) is 0.664. The van der Waals surface area contributed by atoms with Crippen LogP contribution < -0.4 is 15.8 Å².